The Morgan fingerprint density at radius 2 is 2.03 bits per heavy atom. The van der Waals surface area contributed by atoms with Gasteiger partial charge in [0.05, 0.1) is 12.2 Å². The molecule has 11 heteroatoms. The normalized spacial score (nSPS) is 14.9. The molecule has 0 radical (unpaired) electrons. The number of nitrogens with zero attached hydrogens (tertiary/aromatic N) is 6. The van der Waals surface area contributed by atoms with Crippen molar-refractivity contribution in [2.24, 2.45) is 4.99 Å². The zero-order valence-electron chi connectivity index (χ0n) is 17.7. The molecule has 1 aliphatic rings. The van der Waals surface area contributed by atoms with E-state index in [2.05, 4.69) is 59.6 Å². The van der Waals surface area contributed by atoms with Crippen molar-refractivity contribution in [2.45, 2.75) is 25.4 Å². The molecule has 11 nitrogen and oxygen atoms in total. The van der Waals surface area contributed by atoms with Crippen molar-refractivity contribution in [1.29, 1.82) is 0 Å². The van der Waals surface area contributed by atoms with Crippen LogP contribution in [0.15, 0.2) is 40.2 Å². The van der Waals surface area contributed by atoms with E-state index in [1.807, 2.05) is 19.0 Å². The molecule has 4 N–H and O–H groups in total. The zero-order valence-corrected chi connectivity index (χ0v) is 17.7. The second kappa shape index (κ2) is 7.84. The highest BCUT2D eigenvalue weighted by molar-refractivity contribution is 5.57. The number of aromatic amines is 2. The molecular weight excluding hydrogens is 410 g/mol. The number of anilines is 2. The van der Waals surface area contributed by atoms with Crippen LogP contribution in [0.4, 0.5) is 11.6 Å². The lowest BCUT2D eigenvalue weighted by atomic mass is 10.2. The van der Waals surface area contributed by atoms with E-state index in [-0.39, 0.29) is 17.6 Å². The van der Waals surface area contributed by atoms with Crippen LogP contribution in [-0.4, -0.2) is 54.8 Å². The van der Waals surface area contributed by atoms with Gasteiger partial charge in [0.15, 0.2) is 5.65 Å². The minimum Gasteiger partial charge on any atom is -0.493 e. The van der Waals surface area contributed by atoms with Crippen LogP contribution in [0.5, 0.6) is 5.88 Å². The van der Waals surface area contributed by atoms with Crippen molar-refractivity contribution in [3.05, 3.63) is 63.0 Å². The summed E-state index contributed by atoms with van der Waals surface area (Å²) >= 11 is 0. The van der Waals surface area contributed by atoms with E-state index in [9.17, 15) is 9.90 Å². The fourth-order valence-electron chi connectivity index (χ4n) is 3.25. The molecule has 3 heterocycles. The Balaban J connectivity index is 1.52. The third-order valence-electron chi connectivity index (χ3n) is 5.16. The van der Waals surface area contributed by atoms with Gasteiger partial charge in [-0.3, -0.25) is 4.98 Å². The molecule has 0 unspecified atom stereocenters. The molecule has 4 aromatic rings. The predicted molar refractivity (Wildman–Crippen MR) is 119 cm³/mol. The van der Waals surface area contributed by atoms with E-state index in [0.717, 1.165) is 24.1 Å². The SMILES string of the molecule is CN(C)c1ccc(CNc2nc(=NC3CC3)n3nc/c(=C\c4[nH]c(=O)[nH]c4O)c3n2)cc1. The van der Waals surface area contributed by atoms with Crippen molar-refractivity contribution in [1.82, 2.24) is 29.5 Å². The van der Waals surface area contributed by atoms with Crippen LogP contribution in [0.1, 0.15) is 24.1 Å². The van der Waals surface area contributed by atoms with Gasteiger partial charge in [-0.2, -0.15) is 19.6 Å². The van der Waals surface area contributed by atoms with Crippen LogP contribution in [0.3, 0.4) is 0 Å². The fraction of sp³-hybridized carbons (Fsp3) is 0.286. The van der Waals surface area contributed by atoms with Gasteiger partial charge in [0, 0.05) is 31.5 Å². The van der Waals surface area contributed by atoms with E-state index in [1.54, 1.807) is 16.8 Å². The fourth-order valence-corrected chi connectivity index (χ4v) is 3.25. The Hall–Kier alpha value is -4.15. The molecule has 0 amide bonds. The summed E-state index contributed by atoms with van der Waals surface area (Å²) in [4.78, 5) is 32.2. The number of aromatic nitrogens is 6. The maximum Gasteiger partial charge on any atom is 0.326 e. The zero-order chi connectivity index (χ0) is 22.2. The number of benzene rings is 1. The second-order valence-electron chi connectivity index (χ2n) is 7.94. The first kappa shape index (κ1) is 19.8. The number of hydrogen-bond acceptors (Lipinski definition) is 8. The average Bonchev–Trinajstić information content (AvgIpc) is 3.41. The molecule has 1 aliphatic carbocycles. The van der Waals surface area contributed by atoms with Crippen LogP contribution >= 0.6 is 0 Å². The molecule has 1 saturated carbocycles. The summed E-state index contributed by atoms with van der Waals surface area (Å²) in [6.07, 6.45) is 5.27. The van der Waals surface area contributed by atoms with Gasteiger partial charge in [-0.05, 0) is 36.6 Å². The molecule has 1 aromatic carbocycles. The van der Waals surface area contributed by atoms with Crippen molar-refractivity contribution >= 4 is 23.4 Å². The summed E-state index contributed by atoms with van der Waals surface area (Å²) in [7, 11) is 4.01. The lowest BCUT2D eigenvalue weighted by Crippen LogP contribution is -2.24. The highest BCUT2D eigenvalue weighted by Gasteiger charge is 2.21. The average molecular weight is 433 g/mol. The van der Waals surface area contributed by atoms with E-state index in [4.69, 9.17) is 0 Å². The van der Waals surface area contributed by atoms with Crippen molar-refractivity contribution in [2.75, 3.05) is 24.3 Å². The summed E-state index contributed by atoms with van der Waals surface area (Å²) in [5, 5.41) is 18.1. The molecule has 5 rings (SSSR count). The molecule has 0 spiro atoms. The van der Waals surface area contributed by atoms with Crippen molar-refractivity contribution in [3.8, 4) is 5.88 Å². The molecule has 0 saturated heterocycles. The highest BCUT2D eigenvalue weighted by atomic mass is 16.3. The van der Waals surface area contributed by atoms with Gasteiger partial charge in [-0.1, -0.05) is 12.1 Å². The number of hydrogen-bond donors (Lipinski definition) is 4. The van der Waals surface area contributed by atoms with E-state index in [1.165, 1.54) is 0 Å². The third-order valence-corrected chi connectivity index (χ3v) is 5.16. The monoisotopic (exact) mass is 433 g/mol. The molecule has 0 bridgehead atoms. The first-order valence-corrected chi connectivity index (χ1v) is 10.3. The molecule has 1 fully saturated rings. The number of imidazole rings is 1. The molecular formula is C21H23N9O2. The van der Waals surface area contributed by atoms with Crippen LogP contribution in [0.2, 0.25) is 0 Å². The lowest BCUT2D eigenvalue weighted by molar-refractivity contribution is 0.454. The summed E-state index contributed by atoms with van der Waals surface area (Å²) in [6.45, 7) is 0.547. The maximum absolute atomic E-state index is 11.5. The van der Waals surface area contributed by atoms with Gasteiger partial charge in [0.1, 0.15) is 5.69 Å². The largest absolute Gasteiger partial charge is 0.493 e. The first-order valence-electron chi connectivity index (χ1n) is 10.3. The van der Waals surface area contributed by atoms with E-state index < -0.39 is 5.69 Å². The van der Waals surface area contributed by atoms with Crippen molar-refractivity contribution in [3.63, 3.8) is 0 Å². The quantitative estimate of drug-likeness (QED) is 0.339. The van der Waals surface area contributed by atoms with Crippen LogP contribution in [-0.2, 0) is 6.54 Å². The van der Waals surface area contributed by atoms with Gasteiger partial charge in [-0.25, -0.2) is 9.79 Å². The molecule has 0 aliphatic heterocycles. The predicted octanol–water partition coefficient (Wildman–Crippen LogP) is 0.135. The number of nitrogens with one attached hydrogen (secondary N) is 3. The van der Waals surface area contributed by atoms with Gasteiger partial charge in [0.2, 0.25) is 11.8 Å². The van der Waals surface area contributed by atoms with Crippen LogP contribution < -0.4 is 26.7 Å². The molecule has 0 atom stereocenters. The van der Waals surface area contributed by atoms with E-state index in [0.29, 0.717) is 29.0 Å². The third kappa shape index (κ3) is 4.04. The topological polar surface area (TPSA) is 140 Å². The lowest BCUT2D eigenvalue weighted by Gasteiger charge is -2.13. The molecule has 164 valence electrons. The number of fused-ring (bicyclic) bond motifs is 1. The number of rotatable bonds is 6. The molecule has 3 aromatic heterocycles. The Labute approximate surface area is 182 Å². The van der Waals surface area contributed by atoms with Crippen LogP contribution in [0, 0.1) is 0 Å². The molecule has 32 heavy (non-hydrogen) atoms. The second-order valence-corrected chi connectivity index (χ2v) is 7.94. The first-order chi connectivity index (χ1) is 15.5. The smallest absolute Gasteiger partial charge is 0.326 e. The Morgan fingerprint density at radius 1 is 1.25 bits per heavy atom. The Kier molecular flexibility index (Phi) is 4.85. The summed E-state index contributed by atoms with van der Waals surface area (Å²) in [5.41, 5.74) is 2.96. The van der Waals surface area contributed by atoms with Gasteiger partial charge < -0.3 is 20.3 Å². The minimum absolute atomic E-state index is 0.245. The van der Waals surface area contributed by atoms with Gasteiger partial charge in [-0.15, -0.1) is 0 Å². The van der Waals surface area contributed by atoms with Gasteiger partial charge >= 0.3 is 5.69 Å². The standard InChI is InChI=1S/C21H23N9O2/c1-29(2)15-7-3-12(4-8-15)10-22-19-26-17-13(9-16-18(31)27-21(32)25-16)11-23-30(17)20(28-19)24-14-5-6-14/h3-4,7-9,11,14,31H,5-6,10H2,1-2H3,(H,22,24,28)(H2,25,27,32)/b13-9+. The van der Waals surface area contributed by atoms with Crippen LogP contribution in [0.25, 0.3) is 11.7 Å². The maximum atomic E-state index is 11.5. The van der Waals surface area contributed by atoms with Crippen molar-refractivity contribution < 1.29 is 5.11 Å². The number of aromatic hydroxyl groups is 1. The number of H-pyrrole nitrogens is 2. The minimum atomic E-state index is -0.494. The Morgan fingerprint density at radius 3 is 2.69 bits per heavy atom. The summed E-state index contributed by atoms with van der Waals surface area (Å²) in [5.74, 6) is 0.182. The summed E-state index contributed by atoms with van der Waals surface area (Å²) in [6, 6.07) is 8.48. The van der Waals surface area contributed by atoms with E-state index >= 15 is 0 Å². The van der Waals surface area contributed by atoms with Gasteiger partial charge in [0.25, 0.3) is 5.62 Å². The summed E-state index contributed by atoms with van der Waals surface area (Å²) < 4.78 is 1.57. The highest BCUT2D eigenvalue weighted by Crippen LogP contribution is 2.22. The Bertz CT molecular complexity index is 1440.